The molecule has 0 spiro atoms. The molecule has 11 nitrogen and oxygen atoms in total. The number of carboxylic acids is 1. The van der Waals surface area contributed by atoms with Gasteiger partial charge in [-0.25, -0.2) is 0 Å². The van der Waals surface area contributed by atoms with Gasteiger partial charge in [-0.05, 0) is 43.7 Å². The first-order valence-corrected chi connectivity index (χ1v) is 11.5. The summed E-state index contributed by atoms with van der Waals surface area (Å²) in [7, 11) is 0. The molecule has 2 aliphatic rings. The number of aliphatic carboxylic acids is 1. The molecule has 3 rings (SSSR count). The summed E-state index contributed by atoms with van der Waals surface area (Å²) in [5.41, 5.74) is 5.91. The summed E-state index contributed by atoms with van der Waals surface area (Å²) in [6.45, 7) is 1.16. The molecule has 2 fully saturated rings. The van der Waals surface area contributed by atoms with Crippen molar-refractivity contribution in [3.63, 3.8) is 0 Å². The molecule has 1 aliphatic carbocycles. The fourth-order valence-electron chi connectivity index (χ4n) is 4.12. The summed E-state index contributed by atoms with van der Waals surface area (Å²) in [5, 5.41) is 22.3. The highest BCUT2D eigenvalue weighted by atomic mass is 16.4. The van der Waals surface area contributed by atoms with E-state index in [9.17, 15) is 24.3 Å². The highest BCUT2D eigenvalue weighted by Gasteiger charge is 2.38. The first-order valence-electron chi connectivity index (χ1n) is 11.5. The molecule has 3 amide bonds. The van der Waals surface area contributed by atoms with Gasteiger partial charge < -0.3 is 31.3 Å². The number of carbonyl (C=O) groups is 4. The Labute approximate surface area is 198 Å². The Morgan fingerprint density at radius 2 is 1.88 bits per heavy atom. The first kappa shape index (κ1) is 25.0. The lowest BCUT2D eigenvalue weighted by Crippen LogP contribution is -2.52. The second kappa shape index (κ2) is 11.5. The summed E-state index contributed by atoms with van der Waals surface area (Å²) < 4.78 is 0. The maximum Gasteiger partial charge on any atom is 0.323 e. The Balaban J connectivity index is 1.65. The topological polar surface area (TPSA) is 169 Å². The van der Waals surface area contributed by atoms with Crippen LogP contribution in [0.1, 0.15) is 42.5 Å². The number of benzene rings is 1. The van der Waals surface area contributed by atoms with E-state index in [4.69, 9.17) is 11.1 Å². The summed E-state index contributed by atoms with van der Waals surface area (Å²) in [5.74, 6) is -2.54. The van der Waals surface area contributed by atoms with Crippen molar-refractivity contribution in [1.82, 2.24) is 20.4 Å². The summed E-state index contributed by atoms with van der Waals surface area (Å²) in [6.07, 6.45) is 2.83. The molecule has 1 saturated heterocycles. The van der Waals surface area contributed by atoms with Gasteiger partial charge in [-0.3, -0.25) is 24.6 Å². The number of amides is 3. The third-order valence-electron chi connectivity index (χ3n) is 6.05. The van der Waals surface area contributed by atoms with Crippen LogP contribution in [0.25, 0.3) is 0 Å². The zero-order chi connectivity index (χ0) is 24.7. The van der Waals surface area contributed by atoms with E-state index < -0.39 is 36.3 Å². The quantitative estimate of drug-likeness (QED) is 0.235. The summed E-state index contributed by atoms with van der Waals surface area (Å²) >= 11 is 0. The molecule has 1 heterocycles. The van der Waals surface area contributed by atoms with Crippen LogP contribution in [0.2, 0.25) is 0 Å². The number of hydrogen-bond donors (Lipinski definition) is 5. The molecular formula is C23H32N6O5. The fraction of sp³-hybridized carbons (Fsp3) is 0.522. The van der Waals surface area contributed by atoms with Gasteiger partial charge in [0.25, 0.3) is 5.91 Å². The predicted octanol–water partition coefficient (Wildman–Crippen LogP) is -0.0276. The number of hydrogen-bond acceptors (Lipinski definition) is 5. The molecule has 11 heteroatoms. The highest BCUT2D eigenvalue weighted by molar-refractivity contribution is 5.99. The monoisotopic (exact) mass is 472 g/mol. The molecule has 0 radical (unpaired) electrons. The van der Waals surface area contributed by atoms with Crippen LogP contribution in [-0.4, -0.2) is 82.8 Å². The molecule has 34 heavy (non-hydrogen) atoms. The number of nitrogens with one attached hydrogen (secondary N) is 3. The van der Waals surface area contributed by atoms with Gasteiger partial charge in [0.15, 0.2) is 5.96 Å². The molecule has 1 aromatic carbocycles. The Bertz CT molecular complexity index is 920. The van der Waals surface area contributed by atoms with Crippen molar-refractivity contribution in [1.29, 1.82) is 5.41 Å². The minimum absolute atomic E-state index is 0.00362. The molecule has 0 bridgehead atoms. The van der Waals surface area contributed by atoms with E-state index in [2.05, 4.69) is 10.6 Å². The third kappa shape index (κ3) is 7.19. The van der Waals surface area contributed by atoms with E-state index in [0.717, 1.165) is 12.8 Å². The van der Waals surface area contributed by atoms with E-state index in [1.807, 2.05) is 0 Å². The van der Waals surface area contributed by atoms with Crippen molar-refractivity contribution in [3.05, 3.63) is 35.9 Å². The number of carbonyl (C=O) groups excluding carboxylic acids is 3. The number of rotatable bonds is 10. The lowest BCUT2D eigenvalue weighted by atomic mass is 9.98. The van der Waals surface area contributed by atoms with E-state index in [0.29, 0.717) is 38.0 Å². The number of nitrogens with zero attached hydrogens (tertiary/aromatic N) is 2. The van der Waals surface area contributed by atoms with Crippen molar-refractivity contribution < 1.29 is 24.3 Å². The molecule has 184 valence electrons. The summed E-state index contributed by atoms with van der Waals surface area (Å²) in [4.78, 5) is 52.9. The van der Waals surface area contributed by atoms with Crippen LogP contribution >= 0.6 is 0 Å². The Kier molecular flexibility index (Phi) is 8.44. The van der Waals surface area contributed by atoms with Crippen molar-refractivity contribution in [2.45, 2.75) is 44.2 Å². The van der Waals surface area contributed by atoms with Gasteiger partial charge in [0, 0.05) is 31.2 Å². The van der Waals surface area contributed by atoms with Gasteiger partial charge in [0.2, 0.25) is 11.8 Å². The van der Waals surface area contributed by atoms with Crippen LogP contribution in [0.15, 0.2) is 30.3 Å². The number of nitrogens with two attached hydrogens (primary N) is 1. The van der Waals surface area contributed by atoms with Crippen LogP contribution in [0.5, 0.6) is 0 Å². The molecule has 1 aliphatic heterocycles. The van der Waals surface area contributed by atoms with Crippen LogP contribution in [0.3, 0.4) is 0 Å². The smallest absolute Gasteiger partial charge is 0.323 e. The van der Waals surface area contributed by atoms with Crippen LogP contribution < -0.4 is 16.4 Å². The SMILES string of the molecule is N=C(N)N1CCC[C@@H](CNC(=O)C[C@H](NC(=O)c2ccccc2)C(=O)N(CC(=O)O)C2CC2)C1. The van der Waals surface area contributed by atoms with Crippen molar-refractivity contribution in [2.24, 2.45) is 11.7 Å². The fourth-order valence-corrected chi connectivity index (χ4v) is 4.12. The number of carboxylic acid groups (broad SMARTS) is 1. The summed E-state index contributed by atoms with van der Waals surface area (Å²) in [6, 6.07) is 6.94. The van der Waals surface area contributed by atoms with Crippen LogP contribution in [0.4, 0.5) is 0 Å². The largest absolute Gasteiger partial charge is 0.480 e. The normalized spacial score (nSPS) is 18.5. The second-order valence-corrected chi connectivity index (χ2v) is 8.83. The van der Waals surface area contributed by atoms with Gasteiger partial charge in [0.1, 0.15) is 12.6 Å². The van der Waals surface area contributed by atoms with Crippen molar-refractivity contribution >= 4 is 29.7 Å². The van der Waals surface area contributed by atoms with Gasteiger partial charge in [-0.2, -0.15) is 0 Å². The number of piperidine rings is 1. The average Bonchev–Trinajstić information content (AvgIpc) is 3.66. The lowest BCUT2D eigenvalue weighted by molar-refractivity contribution is -0.146. The van der Waals surface area contributed by atoms with E-state index in [1.54, 1.807) is 35.2 Å². The number of likely N-dealkylation sites (tertiary alicyclic amines) is 1. The zero-order valence-corrected chi connectivity index (χ0v) is 19.0. The zero-order valence-electron chi connectivity index (χ0n) is 19.0. The maximum atomic E-state index is 13.2. The van der Waals surface area contributed by atoms with E-state index in [-0.39, 0.29) is 24.3 Å². The third-order valence-corrected chi connectivity index (χ3v) is 6.05. The number of guanidine groups is 1. The molecule has 0 unspecified atom stereocenters. The predicted molar refractivity (Wildman–Crippen MR) is 124 cm³/mol. The van der Waals surface area contributed by atoms with Gasteiger partial charge in [-0.1, -0.05) is 18.2 Å². The molecular weight excluding hydrogens is 440 g/mol. The molecule has 0 aromatic heterocycles. The van der Waals surface area contributed by atoms with Gasteiger partial charge >= 0.3 is 5.97 Å². The first-order chi connectivity index (χ1) is 16.2. The van der Waals surface area contributed by atoms with Crippen molar-refractivity contribution in [3.8, 4) is 0 Å². The highest BCUT2D eigenvalue weighted by Crippen LogP contribution is 2.27. The Hall–Kier alpha value is -3.63. The minimum atomic E-state index is -1.19. The second-order valence-electron chi connectivity index (χ2n) is 8.83. The molecule has 2 atom stereocenters. The van der Waals surface area contributed by atoms with Gasteiger partial charge in [-0.15, -0.1) is 0 Å². The Morgan fingerprint density at radius 3 is 2.50 bits per heavy atom. The Morgan fingerprint density at radius 1 is 1.18 bits per heavy atom. The minimum Gasteiger partial charge on any atom is -0.480 e. The maximum absolute atomic E-state index is 13.2. The van der Waals surface area contributed by atoms with E-state index in [1.165, 1.54) is 4.90 Å². The molecule has 1 aromatic rings. The average molecular weight is 473 g/mol. The van der Waals surface area contributed by atoms with Gasteiger partial charge in [0.05, 0.1) is 6.42 Å². The van der Waals surface area contributed by atoms with E-state index >= 15 is 0 Å². The van der Waals surface area contributed by atoms with Crippen LogP contribution in [-0.2, 0) is 14.4 Å². The van der Waals surface area contributed by atoms with Crippen molar-refractivity contribution in [2.75, 3.05) is 26.2 Å². The molecule has 6 N–H and O–H groups in total. The lowest BCUT2D eigenvalue weighted by Gasteiger charge is -2.33. The van der Waals surface area contributed by atoms with Crippen LogP contribution in [0, 0.1) is 11.3 Å². The standard InChI is InChI=1S/C23H32N6O5/c24-23(25)28-10-4-5-15(13-28)12-26-19(30)11-18(27-21(33)16-6-2-1-3-7-16)22(34)29(14-20(31)32)17-8-9-17/h1-3,6-7,15,17-18H,4-5,8-14H2,(H3,24,25)(H,26,30)(H,27,33)(H,31,32)/t15-,18-/m0/s1. The molecule has 1 saturated carbocycles.